The van der Waals surface area contributed by atoms with Crippen molar-refractivity contribution in [2.75, 3.05) is 5.32 Å². The summed E-state index contributed by atoms with van der Waals surface area (Å²) >= 11 is 0. The predicted molar refractivity (Wildman–Crippen MR) is 59.9 cm³/mol. The Labute approximate surface area is 98.0 Å². The van der Waals surface area contributed by atoms with Gasteiger partial charge in [-0.2, -0.15) is 0 Å². The third-order valence-electron chi connectivity index (χ3n) is 2.49. The van der Waals surface area contributed by atoms with E-state index in [0.717, 1.165) is 11.3 Å². The second-order valence-corrected chi connectivity index (χ2v) is 3.82. The maximum Gasteiger partial charge on any atom is 0.295 e. The first-order chi connectivity index (χ1) is 7.99. The van der Waals surface area contributed by atoms with Crippen LogP contribution in [0.25, 0.3) is 0 Å². The van der Waals surface area contributed by atoms with Crippen molar-refractivity contribution in [1.82, 2.24) is 10.1 Å². The van der Waals surface area contributed by atoms with E-state index in [2.05, 4.69) is 15.5 Å². The Morgan fingerprint density at radius 3 is 2.35 bits per heavy atom. The highest BCUT2D eigenvalue weighted by Gasteiger charge is 2.19. The van der Waals surface area contributed by atoms with Crippen LogP contribution in [0.5, 0.6) is 0 Å². The van der Waals surface area contributed by atoms with Gasteiger partial charge in [-0.3, -0.25) is 10.1 Å². The Balaban J connectivity index is 2.23. The molecule has 0 radical (unpaired) electrons. The van der Waals surface area contributed by atoms with Crippen LogP contribution < -0.4 is 5.32 Å². The van der Waals surface area contributed by atoms with Crippen LogP contribution in [-0.4, -0.2) is 16.0 Å². The highest BCUT2D eigenvalue weighted by atomic mass is 16.5. The number of aryl methyl sites for hydroxylation is 3. The average Bonchev–Trinajstić information content (AvgIpc) is 2.75. The van der Waals surface area contributed by atoms with Crippen LogP contribution in [0.2, 0.25) is 0 Å². The van der Waals surface area contributed by atoms with E-state index in [4.69, 9.17) is 8.94 Å². The Morgan fingerprint density at radius 2 is 1.88 bits per heavy atom. The summed E-state index contributed by atoms with van der Waals surface area (Å²) in [6.45, 7) is 7.02. The van der Waals surface area contributed by atoms with Gasteiger partial charge in [0.05, 0.1) is 11.4 Å². The minimum absolute atomic E-state index is 0.191. The van der Waals surface area contributed by atoms with Crippen molar-refractivity contribution in [3.05, 3.63) is 28.6 Å². The molecule has 0 bridgehead atoms. The number of nitrogens with zero attached hydrogens (tertiary/aromatic N) is 2. The molecular formula is C11H13N3O3. The maximum atomic E-state index is 11.9. The molecule has 6 heteroatoms. The van der Waals surface area contributed by atoms with Crippen molar-refractivity contribution in [1.29, 1.82) is 0 Å². The molecule has 0 aliphatic rings. The number of aromatic nitrogens is 2. The number of rotatable bonds is 2. The minimum Gasteiger partial charge on any atom is -0.436 e. The van der Waals surface area contributed by atoms with Gasteiger partial charge >= 0.3 is 0 Å². The molecule has 2 aromatic heterocycles. The Kier molecular flexibility index (Phi) is 2.71. The summed E-state index contributed by atoms with van der Waals surface area (Å²) in [6.07, 6.45) is 0. The summed E-state index contributed by atoms with van der Waals surface area (Å²) in [5, 5.41) is 6.35. The lowest BCUT2D eigenvalue weighted by molar-refractivity contribution is 0.0991. The molecule has 0 spiro atoms. The normalized spacial score (nSPS) is 10.6. The van der Waals surface area contributed by atoms with Gasteiger partial charge in [-0.05, 0) is 20.8 Å². The molecule has 17 heavy (non-hydrogen) atoms. The number of carbonyl (C=O) groups excluding carboxylic acids is 1. The zero-order chi connectivity index (χ0) is 12.6. The maximum absolute atomic E-state index is 11.9. The second kappa shape index (κ2) is 4.04. The van der Waals surface area contributed by atoms with Crippen LogP contribution in [0.15, 0.2) is 8.94 Å². The molecule has 0 saturated heterocycles. The zero-order valence-electron chi connectivity index (χ0n) is 10.1. The van der Waals surface area contributed by atoms with E-state index in [1.54, 1.807) is 20.8 Å². The number of amides is 1. The van der Waals surface area contributed by atoms with Crippen molar-refractivity contribution < 1.29 is 13.7 Å². The molecule has 0 saturated carbocycles. The first kappa shape index (κ1) is 11.4. The summed E-state index contributed by atoms with van der Waals surface area (Å²) < 4.78 is 10.2. The smallest absolute Gasteiger partial charge is 0.295 e. The molecule has 0 atom stereocenters. The highest BCUT2D eigenvalue weighted by molar-refractivity contribution is 6.02. The van der Waals surface area contributed by atoms with E-state index < -0.39 is 0 Å². The first-order valence-corrected chi connectivity index (χ1v) is 5.17. The van der Waals surface area contributed by atoms with Gasteiger partial charge in [-0.1, -0.05) is 5.16 Å². The third kappa shape index (κ3) is 2.06. The average molecular weight is 235 g/mol. The lowest BCUT2D eigenvalue weighted by Crippen LogP contribution is -2.12. The Morgan fingerprint density at radius 1 is 1.18 bits per heavy atom. The summed E-state index contributed by atoms with van der Waals surface area (Å²) in [4.78, 5) is 15.9. The number of hydrogen-bond acceptors (Lipinski definition) is 5. The van der Waals surface area contributed by atoms with E-state index in [9.17, 15) is 4.79 Å². The molecule has 0 aliphatic heterocycles. The number of carbonyl (C=O) groups is 1. The number of anilines is 1. The lowest BCUT2D eigenvalue weighted by atomic mass is 10.3. The molecule has 1 N–H and O–H groups in total. The van der Waals surface area contributed by atoms with Gasteiger partial charge in [-0.15, -0.1) is 0 Å². The second-order valence-electron chi connectivity index (χ2n) is 3.82. The largest absolute Gasteiger partial charge is 0.436 e. The molecular weight excluding hydrogens is 222 g/mol. The van der Waals surface area contributed by atoms with Crippen LogP contribution in [0.3, 0.4) is 0 Å². The highest BCUT2D eigenvalue weighted by Crippen LogP contribution is 2.19. The molecule has 1 amide bonds. The van der Waals surface area contributed by atoms with Crippen molar-refractivity contribution in [2.24, 2.45) is 0 Å². The van der Waals surface area contributed by atoms with Crippen molar-refractivity contribution >= 4 is 11.8 Å². The molecule has 2 aromatic rings. The monoisotopic (exact) mass is 235 g/mol. The van der Waals surface area contributed by atoms with E-state index in [0.29, 0.717) is 17.5 Å². The number of nitrogens with one attached hydrogen (secondary N) is 1. The van der Waals surface area contributed by atoms with Gasteiger partial charge in [-0.25, -0.2) is 4.98 Å². The van der Waals surface area contributed by atoms with Crippen molar-refractivity contribution in [3.63, 3.8) is 0 Å². The lowest BCUT2D eigenvalue weighted by Gasteiger charge is -1.99. The molecule has 90 valence electrons. The Bertz CT molecular complexity index is 569. The van der Waals surface area contributed by atoms with Gasteiger partial charge in [0.2, 0.25) is 11.6 Å². The SMILES string of the molecule is Cc1nc(C)c(C(=O)Nc2onc(C)c2C)o1. The topological polar surface area (TPSA) is 81.2 Å². The van der Waals surface area contributed by atoms with E-state index in [-0.39, 0.29) is 11.7 Å². The van der Waals surface area contributed by atoms with Gasteiger partial charge in [0, 0.05) is 12.5 Å². The molecule has 0 fully saturated rings. The van der Waals surface area contributed by atoms with Crippen LogP contribution in [-0.2, 0) is 0 Å². The molecule has 0 aliphatic carbocycles. The molecule has 2 heterocycles. The number of oxazole rings is 1. The van der Waals surface area contributed by atoms with E-state index >= 15 is 0 Å². The fraction of sp³-hybridized carbons (Fsp3) is 0.364. The minimum atomic E-state index is -0.387. The summed E-state index contributed by atoms with van der Waals surface area (Å²) in [6, 6.07) is 0. The molecule has 6 nitrogen and oxygen atoms in total. The third-order valence-corrected chi connectivity index (χ3v) is 2.49. The van der Waals surface area contributed by atoms with Crippen molar-refractivity contribution in [3.8, 4) is 0 Å². The molecule has 0 unspecified atom stereocenters. The van der Waals surface area contributed by atoms with Gasteiger partial charge < -0.3 is 8.94 Å². The van der Waals surface area contributed by atoms with Crippen LogP contribution in [0.4, 0.5) is 5.88 Å². The van der Waals surface area contributed by atoms with Crippen LogP contribution >= 0.6 is 0 Å². The first-order valence-electron chi connectivity index (χ1n) is 5.17. The van der Waals surface area contributed by atoms with Crippen LogP contribution in [0.1, 0.15) is 33.4 Å². The summed E-state index contributed by atoms with van der Waals surface area (Å²) in [5.41, 5.74) is 2.09. The fourth-order valence-corrected chi connectivity index (χ4v) is 1.43. The zero-order valence-corrected chi connectivity index (χ0v) is 10.1. The van der Waals surface area contributed by atoms with E-state index in [1.807, 2.05) is 6.92 Å². The fourth-order valence-electron chi connectivity index (χ4n) is 1.43. The van der Waals surface area contributed by atoms with E-state index in [1.165, 1.54) is 0 Å². The summed E-state index contributed by atoms with van der Waals surface area (Å²) in [5.74, 6) is 0.595. The van der Waals surface area contributed by atoms with Crippen molar-refractivity contribution in [2.45, 2.75) is 27.7 Å². The van der Waals surface area contributed by atoms with Gasteiger partial charge in [0.1, 0.15) is 0 Å². The standard InChI is InChI=1S/C11H13N3O3/c1-5-6(2)14-17-11(5)13-10(15)9-7(3)12-8(4)16-9/h1-4H3,(H,13,15). The predicted octanol–water partition coefficient (Wildman–Crippen LogP) is 2.15. The molecule has 0 aromatic carbocycles. The summed E-state index contributed by atoms with van der Waals surface area (Å²) in [7, 11) is 0. The quantitative estimate of drug-likeness (QED) is 0.862. The van der Waals surface area contributed by atoms with Crippen LogP contribution in [0, 0.1) is 27.7 Å². The molecule has 2 rings (SSSR count). The van der Waals surface area contributed by atoms with Gasteiger partial charge in [0.25, 0.3) is 5.91 Å². The van der Waals surface area contributed by atoms with Gasteiger partial charge in [0.15, 0.2) is 5.89 Å². The Hall–Kier alpha value is -2.11. The number of hydrogen-bond donors (Lipinski definition) is 1.